The van der Waals surface area contributed by atoms with Gasteiger partial charge in [-0.1, -0.05) is 6.07 Å². The second kappa shape index (κ2) is 7.23. The van der Waals surface area contributed by atoms with E-state index >= 15 is 0 Å². The van der Waals surface area contributed by atoms with Crippen LogP contribution in [-0.4, -0.2) is 24.2 Å². The molecular formula is C12H14N2O2. The van der Waals surface area contributed by atoms with Crippen molar-refractivity contribution in [3.05, 3.63) is 48.9 Å². The van der Waals surface area contributed by atoms with Crippen LogP contribution < -0.4 is 9.47 Å². The lowest BCUT2D eigenvalue weighted by atomic mass is 10.5. The molecule has 2 heterocycles. The first-order valence-corrected chi connectivity index (χ1v) is 4.76. The summed E-state index contributed by atoms with van der Waals surface area (Å²) in [5.41, 5.74) is 0. The molecule has 0 bridgehead atoms. The lowest BCUT2D eigenvalue weighted by Gasteiger charge is -1.93. The Labute approximate surface area is 94.9 Å². The standard InChI is InChI=1S/2C6H7NO/c1-8-6-3-2-4-7-5-6;1-8-6-4-2-3-5-7-6/h2*2-5H,1H3. The van der Waals surface area contributed by atoms with Gasteiger partial charge in [0.05, 0.1) is 20.4 Å². The van der Waals surface area contributed by atoms with Crippen molar-refractivity contribution in [3.63, 3.8) is 0 Å². The monoisotopic (exact) mass is 218 g/mol. The van der Waals surface area contributed by atoms with Crippen molar-refractivity contribution < 1.29 is 9.47 Å². The third kappa shape index (κ3) is 4.41. The van der Waals surface area contributed by atoms with Crippen LogP contribution in [-0.2, 0) is 0 Å². The molecule has 0 fully saturated rings. The summed E-state index contributed by atoms with van der Waals surface area (Å²) < 4.78 is 9.65. The molecule has 0 saturated carbocycles. The van der Waals surface area contributed by atoms with E-state index in [9.17, 15) is 0 Å². The predicted molar refractivity (Wildman–Crippen MR) is 61.6 cm³/mol. The molecule has 0 amide bonds. The minimum Gasteiger partial charge on any atom is -0.495 e. The molecule has 0 atom stereocenters. The van der Waals surface area contributed by atoms with E-state index in [1.165, 1.54) is 0 Å². The molecule has 0 aromatic carbocycles. The van der Waals surface area contributed by atoms with E-state index in [1.807, 2.05) is 24.3 Å². The van der Waals surface area contributed by atoms with Crippen molar-refractivity contribution in [3.8, 4) is 11.6 Å². The smallest absolute Gasteiger partial charge is 0.212 e. The molecule has 0 aliphatic rings. The van der Waals surface area contributed by atoms with Crippen molar-refractivity contribution in [2.75, 3.05) is 14.2 Å². The fourth-order valence-corrected chi connectivity index (χ4v) is 0.936. The summed E-state index contributed by atoms with van der Waals surface area (Å²) in [5.74, 6) is 1.46. The third-order valence-electron chi connectivity index (χ3n) is 1.72. The first-order chi connectivity index (χ1) is 7.86. The maximum absolute atomic E-state index is 4.85. The molecule has 2 aromatic rings. The van der Waals surface area contributed by atoms with Crippen molar-refractivity contribution >= 4 is 0 Å². The van der Waals surface area contributed by atoms with Crippen molar-refractivity contribution in [1.82, 2.24) is 9.97 Å². The highest BCUT2D eigenvalue weighted by atomic mass is 16.5. The zero-order valence-electron chi connectivity index (χ0n) is 9.33. The van der Waals surface area contributed by atoms with Crippen LogP contribution in [0.4, 0.5) is 0 Å². The molecule has 2 aromatic heterocycles. The summed E-state index contributed by atoms with van der Waals surface area (Å²) in [6.45, 7) is 0. The highest BCUT2D eigenvalue weighted by molar-refractivity contribution is 5.14. The number of pyridine rings is 2. The molecule has 2 rings (SSSR count). The molecule has 4 nitrogen and oxygen atoms in total. The van der Waals surface area contributed by atoms with Gasteiger partial charge in [0.2, 0.25) is 5.88 Å². The van der Waals surface area contributed by atoms with Gasteiger partial charge in [-0.2, -0.15) is 0 Å². The minimum absolute atomic E-state index is 0.660. The highest BCUT2D eigenvalue weighted by Crippen LogP contribution is 2.02. The maximum atomic E-state index is 4.85. The molecular weight excluding hydrogens is 204 g/mol. The zero-order chi connectivity index (χ0) is 11.6. The second-order valence-corrected chi connectivity index (χ2v) is 2.76. The van der Waals surface area contributed by atoms with Crippen LogP contribution in [0.15, 0.2) is 48.9 Å². The van der Waals surface area contributed by atoms with Gasteiger partial charge in [-0.3, -0.25) is 4.98 Å². The van der Waals surface area contributed by atoms with E-state index in [4.69, 9.17) is 9.47 Å². The summed E-state index contributed by atoms with van der Waals surface area (Å²) >= 11 is 0. The van der Waals surface area contributed by atoms with Gasteiger partial charge in [0, 0.05) is 18.5 Å². The van der Waals surface area contributed by atoms with Crippen molar-refractivity contribution in [2.24, 2.45) is 0 Å². The minimum atomic E-state index is 0.660. The molecule has 4 heteroatoms. The normalized spacial score (nSPS) is 8.62. The summed E-state index contributed by atoms with van der Waals surface area (Å²) in [6.07, 6.45) is 5.07. The van der Waals surface area contributed by atoms with Crippen LogP contribution in [0.3, 0.4) is 0 Å². The van der Waals surface area contributed by atoms with Crippen LogP contribution in [0, 0.1) is 0 Å². The Hall–Kier alpha value is -2.10. The summed E-state index contributed by atoms with van der Waals surface area (Å²) in [5, 5.41) is 0. The molecule has 0 unspecified atom stereocenters. The average molecular weight is 218 g/mol. The Morgan fingerprint density at radius 1 is 0.938 bits per heavy atom. The zero-order valence-corrected chi connectivity index (χ0v) is 9.33. The molecule has 16 heavy (non-hydrogen) atoms. The quantitative estimate of drug-likeness (QED) is 0.775. The Kier molecular flexibility index (Phi) is 5.41. The summed E-state index contributed by atoms with van der Waals surface area (Å²) in [7, 11) is 3.22. The van der Waals surface area contributed by atoms with Crippen LogP contribution >= 0.6 is 0 Å². The fourth-order valence-electron chi connectivity index (χ4n) is 0.936. The SMILES string of the molecule is COc1ccccn1.COc1cccnc1. The number of aromatic nitrogens is 2. The van der Waals surface area contributed by atoms with Gasteiger partial charge < -0.3 is 9.47 Å². The van der Waals surface area contributed by atoms with E-state index in [2.05, 4.69) is 9.97 Å². The predicted octanol–water partition coefficient (Wildman–Crippen LogP) is 2.18. The Bertz CT molecular complexity index is 339. The Balaban J connectivity index is 0.000000160. The lowest BCUT2D eigenvalue weighted by Crippen LogP contribution is -1.83. The lowest BCUT2D eigenvalue weighted by molar-refractivity contribution is 0.398. The average Bonchev–Trinajstić information content (AvgIpc) is 2.41. The van der Waals surface area contributed by atoms with Crippen LogP contribution in [0.25, 0.3) is 0 Å². The van der Waals surface area contributed by atoms with Gasteiger partial charge in [-0.15, -0.1) is 0 Å². The van der Waals surface area contributed by atoms with Gasteiger partial charge in [-0.25, -0.2) is 4.98 Å². The number of methoxy groups -OCH3 is 2. The van der Waals surface area contributed by atoms with Gasteiger partial charge in [0.1, 0.15) is 5.75 Å². The van der Waals surface area contributed by atoms with E-state index in [0.717, 1.165) is 5.75 Å². The number of ether oxygens (including phenoxy) is 2. The summed E-state index contributed by atoms with van der Waals surface area (Å²) in [4.78, 5) is 7.71. The molecule has 0 N–H and O–H groups in total. The topological polar surface area (TPSA) is 44.2 Å². The van der Waals surface area contributed by atoms with Gasteiger partial charge >= 0.3 is 0 Å². The first-order valence-electron chi connectivity index (χ1n) is 4.76. The van der Waals surface area contributed by atoms with E-state index in [0.29, 0.717) is 5.88 Å². The highest BCUT2D eigenvalue weighted by Gasteiger charge is 1.82. The fraction of sp³-hybridized carbons (Fsp3) is 0.167. The molecule has 0 spiro atoms. The molecule has 0 aliphatic heterocycles. The maximum Gasteiger partial charge on any atom is 0.212 e. The van der Waals surface area contributed by atoms with Crippen LogP contribution in [0.2, 0.25) is 0 Å². The van der Waals surface area contributed by atoms with Gasteiger partial charge in [0.15, 0.2) is 0 Å². The summed E-state index contributed by atoms with van der Waals surface area (Å²) in [6, 6.07) is 9.22. The van der Waals surface area contributed by atoms with E-state index < -0.39 is 0 Å². The Morgan fingerprint density at radius 3 is 2.19 bits per heavy atom. The van der Waals surface area contributed by atoms with Crippen molar-refractivity contribution in [1.29, 1.82) is 0 Å². The first kappa shape index (κ1) is 12.0. The van der Waals surface area contributed by atoms with Crippen molar-refractivity contribution in [2.45, 2.75) is 0 Å². The molecule has 0 saturated heterocycles. The van der Waals surface area contributed by atoms with Crippen LogP contribution in [0.1, 0.15) is 0 Å². The largest absolute Gasteiger partial charge is 0.495 e. The molecule has 84 valence electrons. The van der Waals surface area contributed by atoms with E-state index in [-0.39, 0.29) is 0 Å². The molecule has 0 aliphatic carbocycles. The van der Waals surface area contributed by atoms with Gasteiger partial charge in [0.25, 0.3) is 0 Å². The number of hydrogen-bond donors (Lipinski definition) is 0. The number of rotatable bonds is 2. The number of hydrogen-bond acceptors (Lipinski definition) is 4. The molecule has 0 radical (unpaired) electrons. The van der Waals surface area contributed by atoms with Crippen LogP contribution in [0.5, 0.6) is 11.6 Å². The van der Waals surface area contributed by atoms with Gasteiger partial charge in [-0.05, 0) is 18.2 Å². The van der Waals surface area contributed by atoms with E-state index in [1.54, 1.807) is 38.9 Å². The third-order valence-corrected chi connectivity index (χ3v) is 1.72. The second-order valence-electron chi connectivity index (χ2n) is 2.76. The Morgan fingerprint density at radius 2 is 1.81 bits per heavy atom. The number of nitrogens with zero attached hydrogens (tertiary/aromatic N) is 2.